The smallest absolute Gasteiger partial charge is 0.271 e. The van der Waals surface area contributed by atoms with Crippen molar-refractivity contribution in [2.45, 2.75) is 0 Å². The van der Waals surface area contributed by atoms with Crippen molar-refractivity contribution >= 4 is 12.1 Å². The largest absolute Gasteiger partial charge is 0.504 e. The van der Waals surface area contributed by atoms with Gasteiger partial charge < -0.3 is 5.11 Å². The Morgan fingerprint density at radius 3 is 2.63 bits per heavy atom. The molecule has 0 radical (unpaired) electrons. The summed E-state index contributed by atoms with van der Waals surface area (Å²) >= 11 is 0. The molecule has 0 bridgehead atoms. The summed E-state index contributed by atoms with van der Waals surface area (Å²) in [5, 5.41) is 13.1. The van der Waals surface area contributed by atoms with Crippen LogP contribution in [0.4, 0.5) is 4.39 Å². The number of para-hydroxylation sites is 1. The molecule has 2 aromatic carbocycles. The number of nitrogens with zero attached hydrogens (tertiary/aromatic N) is 1. The number of amides is 1. The lowest BCUT2D eigenvalue weighted by Gasteiger charge is -2.00. The summed E-state index contributed by atoms with van der Waals surface area (Å²) < 4.78 is 13.0. The molecule has 4 nitrogen and oxygen atoms in total. The van der Waals surface area contributed by atoms with Crippen molar-refractivity contribution in [2.24, 2.45) is 5.10 Å². The zero-order chi connectivity index (χ0) is 13.7. The maximum atomic E-state index is 13.0. The van der Waals surface area contributed by atoms with E-state index in [4.69, 9.17) is 0 Å². The predicted octanol–water partition coefficient (Wildman–Crippen LogP) is 2.30. The van der Waals surface area contributed by atoms with Crippen LogP contribution in [0.1, 0.15) is 15.9 Å². The summed E-state index contributed by atoms with van der Waals surface area (Å²) in [6.45, 7) is 0. The van der Waals surface area contributed by atoms with Gasteiger partial charge in [0.2, 0.25) is 0 Å². The molecule has 0 aliphatic rings. The molecular formula is C14H11FN2O2. The number of halogens is 1. The fourth-order valence-electron chi connectivity index (χ4n) is 1.45. The molecule has 5 heteroatoms. The third-order valence-corrected chi connectivity index (χ3v) is 2.42. The monoisotopic (exact) mass is 258 g/mol. The summed E-state index contributed by atoms with van der Waals surface area (Å²) in [4.78, 5) is 11.6. The molecule has 0 saturated heterocycles. The van der Waals surface area contributed by atoms with Crippen molar-refractivity contribution < 1.29 is 14.3 Å². The number of phenolic OH excluding ortho intramolecular Hbond substituents is 1. The number of benzene rings is 2. The van der Waals surface area contributed by atoms with E-state index in [0.717, 1.165) is 6.07 Å². The van der Waals surface area contributed by atoms with E-state index in [-0.39, 0.29) is 11.5 Å². The van der Waals surface area contributed by atoms with E-state index >= 15 is 0 Å². The number of hydrazone groups is 1. The van der Waals surface area contributed by atoms with Gasteiger partial charge in [-0.2, -0.15) is 5.10 Å². The number of phenols is 1. The van der Waals surface area contributed by atoms with Crippen LogP contribution in [0.5, 0.6) is 5.75 Å². The van der Waals surface area contributed by atoms with Crippen LogP contribution < -0.4 is 5.43 Å². The van der Waals surface area contributed by atoms with E-state index in [1.807, 2.05) is 0 Å². The molecule has 96 valence electrons. The van der Waals surface area contributed by atoms with Gasteiger partial charge in [0.15, 0.2) is 11.6 Å². The number of aromatic hydroxyl groups is 1. The standard InChI is InChI=1S/C14H11FN2O2/c15-12-8-4-7-11(13(12)18)9-16-17-14(19)10-5-2-1-3-6-10/h1-9,18H,(H,17,19). The Hall–Kier alpha value is -2.69. The summed E-state index contributed by atoms with van der Waals surface area (Å²) in [5.41, 5.74) is 2.94. The number of hydrogen-bond donors (Lipinski definition) is 2. The van der Waals surface area contributed by atoms with Crippen LogP contribution in [-0.4, -0.2) is 17.2 Å². The molecule has 1 amide bonds. The van der Waals surface area contributed by atoms with Gasteiger partial charge >= 0.3 is 0 Å². The van der Waals surface area contributed by atoms with Crippen LogP contribution >= 0.6 is 0 Å². The van der Waals surface area contributed by atoms with E-state index < -0.39 is 11.6 Å². The first-order chi connectivity index (χ1) is 9.18. The second-order valence-corrected chi connectivity index (χ2v) is 3.74. The minimum Gasteiger partial charge on any atom is -0.504 e. The van der Waals surface area contributed by atoms with E-state index in [1.54, 1.807) is 30.3 Å². The Kier molecular flexibility index (Phi) is 3.87. The number of carbonyl (C=O) groups excluding carboxylic acids is 1. The number of carbonyl (C=O) groups is 1. The number of nitrogens with one attached hydrogen (secondary N) is 1. The lowest BCUT2D eigenvalue weighted by molar-refractivity contribution is 0.0955. The highest BCUT2D eigenvalue weighted by Crippen LogP contribution is 2.18. The Balaban J connectivity index is 2.05. The first-order valence-corrected chi connectivity index (χ1v) is 5.54. The molecule has 0 aliphatic carbocycles. The average Bonchev–Trinajstić information content (AvgIpc) is 2.44. The second kappa shape index (κ2) is 5.77. The Labute approximate surface area is 109 Å². The summed E-state index contributed by atoms with van der Waals surface area (Å²) in [6, 6.07) is 12.6. The summed E-state index contributed by atoms with van der Waals surface area (Å²) in [6.07, 6.45) is 1.18. The van der Waals surface area contributed by atoms with Gasteiger partial charge in [0.1, 0.15) is 0 Å². The van der Waals surface area contributed by atoms with E-state index in [2.05, 4.69) is 10.5 Å². The van der Waals surface area contributed by atoms with Crippen LogP contribution in [0.3, 0.4) is 0 Å². The third-order valence-electron chi connectivity index (χ3n) is 2.42. The first-order valence-electron chi connectivity index (χ1n) is 5.54. The van der Waals surface area contributed by atoms with Crippen molar-refractivity contribution in [2.75, 3.05) is 0 Å². The fourth-order valence-corrected chi connectivity index (χ4v) is 1.45. The van der Waals surface area contributed by atoms with Crippen molar-refractivity contribution in [3.63, 3.8) is 0 Å². The van der Waals surface area contributed by atoms with Crippen LogP contribution in [-0.2, 0) is 0 Å². The molecule has 2 rings (SSSR count). The zero-order valence-corrected chi connectivity index (χ0v) is 9.88. The van der Waals surface area contributed by atoms with Gasteiger partial charge in [-0.1, -0.05) is 24.3 Å². The van der Waals surface area contributed by atoms with Crippen molar-refractivity contribution in [1.82, 2.24) is 5.43 Å². The fraction of sp³-hybridized carbons (Fsp3) is 0. The lowest BCUT2D eigenvalue weighted by Crippen LogP contribution is -2.17. The van der Waals surface area contributed by atoms with Gasteiger partial charge in [-0.05, 0) is 24.3 Å². The molecule has 0 spiro atoms. The predicted molar refractivity (Wildman–Crippen MR) is 69.6 cm³/mol. The molecule has 0 aromatic heterocycles. The maximum absolute atomic E-state index is 13.0. The third kappa shape index (κ3) is 3.16. The first kappa shape index (κ1) is 12.8. The lowest BCUT2D eigenvalue weighted by atomic mass is 10.2. The molecular weight excluding hydrogens is 247 g/mol. The summed E-state index contributed by atoms with van der Waals surface area (Å²) in [7, 11) is 0. The highest BCUT2D eigenvalue weighted by Gasteiger charge is 2.05. The van der Waals surface area contributed by atoms with E-state index in [1.165, 1.54) is 18.3 Å². The Morgan fingerprint density at radius 1 is 1.16 bits per heavy atom. The molecule has 0 atom stereocenters. The van der Waals surface area contributed by atoms with Crippen molar-refractivity contribution in [3.05, 3.63) is 65.5 Å². The van der Waals surface area contributed by atoms with Crippen molar-refractivity contribution in [3.8, 4) is 5.75 Å². The van der Waals surface area contributed by atoms with E-state index in [0.29, 0.717) is 5.56 Å². The minimum absolute atomic E-state index is 0.188. The Bertz CT molecular complexity index is 612. The topological polar surface area (TPSA) is 61.7 Å². The van der Waals surface area contributed by atoms with Crippen LogP contribution in [0.15, 0.2) is 53.6 Å². The van der Waals surface area contributed by atoms with Gasteiger partial charge in [0.05, 0.1) is 6.21 Å². The molecule has 0 fully saturated rings. The number of hydrogen-bond acceptors (Lipinski definition) is 3. The van der Waals surface area contributed by atoms with Crippen molar-refractivity contribution in [1.29, 1.82) is 0 Å². The number of rotatable bonds is 3. The van der Waals surface area contributed by atoms with Crippen LogP contribution in [0, 0.1) is 5.82 Å². The van der Waals surface area contributed by atoms with E-state index in [9.17, 15) is 14.3 Å². The molecule has 2 N–H and O–H groups in total. The van der Waals surface area contributed by atoms with Gasteiger partial charge in [0.25, 0.3) is 5.91 Å². The minimum atomic E-state index is -0.738. The molecule has 0 saturated carbocycles. The van der Waals surface area contributed by atoms with Gasteiger partial charge in [-0.3, -0.25) is 4.79 Å². The van der Waals surface area contributed by atoms with Crippen LogP contribution in [0.25, 0.3) is 0 Å². The SMILES string of the molecule is O=C(NN=Cc1cccc(F)c1O)c1ccccc1. The highest BCUT2D eigenvalue weighted by atomic mass is 19.1. The molecule has 19 heavy (non-hydrogen) atoms. The maximum Gasteiger partial charge on any atom is 0.271 e. The quantitative estimate of drug-likeness (QED) is 0.655. The second-order valence-electron chi connectivity index (χ2n) is 3.74. The Morgan fingerprint density at radius 2 is 1.89 bits per heavy atom. The van der Waals surface area contributed by atoms with Gasteiger partial charge in [-0.25, -0.2) is 9.82 Å². The summed E-state index contributed by atoms with van der Waals surface area (Å²) in [5.74, 6) is -1.62. The normalized spacial score (nSPS) is 10.6. The molecule has 2 aromatic rings. The molecule has 0 aliphatic heterocycles. The van der Waals surface area contributed by atoms with Crippen LogP contribution in [0.2, 0.25) is 0 Å². The van der Waals surface area contributed by atoms with Gasteiger partial charge in [0, 0.05) is 11.1 Å². The highest BCUT2D eigenvalue weighted by molar-refractivity contribution is 5.95. The average molecular weight is 258 g/mol. The van der Waals surface area contributed by atoms with Gasteiger partial charge in [-0.15, -0.1) is 0 Å². The molecule has 0 heterocycles. The zero-order valence-electron chi connectivity index (χ0n) is 9.88. The molecule has 0 unspecified atom stereocenters.